The van der Waals surface area contributed by atoms with Gasteiger partial charge in [-0.1, -0.05) is 40.0 Å². The van der Waals surface area contributed by atoms with E-state index in [-0.39, 0.29) is 0 Å². The molecule has 2 atom stereocenters. The van der Waals surface area contributed by atoms with Crippen LogP contribution in [0.15, 0.2) is 0 Å². The van der Waals surface area contributed by atoms with Crippen molar-refractivity contribution in [3.05, 3.63) is 0 Å². The summed E-state index contributed by atoms with van der Waals surface area (Å²) in [6, 6.07) is 0. The molecule has 0 spiro atoms. The molecule has 1 nitrogen and oxygen atoms in total. The monoisotopic (exact) mass is 157 g/mol. The van der Waals surface area contributed by atoms with Crippen LogP contribution in [0.1, 0.15) is 46.5 Å². The van der Waals surface area contributed by atoms with Crippen LogP contribution in [0.2, 0.25) is 0 Å². The molecule has 2 unspecified atom stereocenters. The highest BCUT2D eigenvalue weighted by Crippen LogP contribution is 2.22. The molecule has 0 saturated heterocycles. The van der Waals surface area contributed by atoms with Crippen LogP contribution in [-0.2, 0) is 0 Å². The summed E-state index contributed by atoms with van der Waals surface area (Å²) in [4.78, 5) is 0. The van der Waals surface area contributed by atoms with Crippen molar-refractivity contribution in [3.63, 3.8) is 0 Å². The fourth-order valence-electron chi connectivity index (χ4n) is 1.63. The molecule has 0 amide bonds. The lowest BCUT2D eigenvalue weighted by Gasteiger charge is -2.21. The molecular weight excluding hydrogens is 134 g/mol. The van der Waals surface area contributed by atoms with Gasteiger partial charge in [-0.05, 0) is 24.8 Å². The van der Waals surface area contributed by atoms with E-state index in [0.717, 1.165) is 18.4 Å². The fraction of sp³-hybridized carbons (Fsp3) is 1.00. The minimum absolute atomic E-state index is 0.856. The van der Waals surface area contributed by atoms with E-state index in [1.54, 1.807) is 0 Å². The molecule has 0 rings (SSSR count). The van der Waals surface area contributed by atoms with E-state index >= 15 is 0 Å². The van der Waals surface area contributed by atoms with Gasteiger partial charge in [-0.3, -0.25) is 0 Å². The summed E-state index contributed by atoms with van der Waals surface area (Å²) in [6.45, 7) is 7.72. The molecule has 0 aliphatic carbocycles. The van der Waals surface area contributed by atoms with Crippen LogP contribution in [0.5, 0.6) is 0 Å². The van der Waals surface area contributed by atoms with E-state index in [0.29, 0.717) is 0 Å². The lowest BCUT2D eigenvalue weighted by atomic mass is 9.86. The van der Waals surface area contributed by atoms with Crippen LogP contribution in [-0.4, -0.2) is 6.54 Å². The van der Waals surface area contributed by atoms with Crippen molar-refractivity contribution in [1.82, 2.24) is 0 Å². The van der Waals surface area contributed by atoms with Gasteiger partial charge < -0.3 is 5.73 Å². The largest absolute Gasteiger partial charge is 0.330 e. The van der Waals surface area contributed by atoms with Crippen LogP contribution < -0.4 is 5.73 Å². The molecule has 0 bridgehead atoms. The van der Waals surface area contributed by atoms with Gasteiger partial charge in [-0.2, -0.15) is 0 Å². The third-order valence-corrected chi connectivity index (χ3v) is 2.65. The summed E-state index contributed by atoms with van der Waals surface area (Å²) in [6.07, 6.45) is 5.16. The first-order valence-corrected chi connectivity index (χ1v) is 4.96. The Hall–Kier alpha value is -0.0400. The molecule has 68 valence electrons. The van der Waals surface area contributed by atoms with Gasteiger partial charge >= 0.3 is 0 Å². The molecule has 0 aliphatic rings. The number of rotatable bonds is 6. The highest BCUT2D eigenvalue weighted by atomic mass is 14.5. The summed E-state index contributed by atoms with van der Waals surface area (Å²) >= 11 is 0. The van der Waals surface area contributed by atoms with Gasteiger partial charge in [0.25, 0.3) is 0 Å². The van der Waals surface area contributed by atoms with Gasteiger partial charge in [0.1, 0.15) is 0 Å². The highest BCUT2D eigenvalue weighted by molar-refractivity contribution is 4.65. The maximum Gasteiger partial charge on any atom is -0.00745 e. The molecule has 2 N–H and O–H groups in total. The Morgan fingerprint density at radius 3 is 2.18 bits per heavy atom. The smallest absolute Gasteiger partial charge is 0.00745 e. The molecule has 0 aromatic carbocycles. The van der Waals surface area contributed by atoms with Gasteiger partial charge in [0.05, 0.1) is 0 Å². The molecule has 11 heavy (non-hydrogen) atoms. The van der Waals surface area contributed by atoms with Crippen molar-refractivity contribution in [2.75, 3.05) is 6.54 Å². The van der Waals surface area contributed by atoms with Gasteiger partial charge in [0, 0.05) is 0 Å². The second-order valence-corrected chi connectivity index (χ2v) is 3.51. The zero-order valence-electron chi connectivity index (χ0n) is 8.27. The van der Waals surface area contributed by atoms with Crippen molar-refractivity contribution in [2.24, 2.45) is 17.6 Å². The lowest BCUT2D eigenvalue weighted by Crippen LogP contribution is -2.15. The van der Waals surface area contributed by atoms with Crippen molar-refractivity contribution < 1.29 is 0 Å². The van der Waals surface area contributed by atoms with E-state index in [4.69, 9.17) is 5.73 Å². The Balaban J connectivity index is 3.66. The quantitative estimate of drug-likeness (QED) is 0.630. The van der Waals surface area contributed by atoms with Crippen molar-refractivity contribution in [2.45, 2.75) is 46.5 Å². The third-order valence-electron chi connectivity index (χ3n) is 2.65. The lowest BCUT2D eigenvalue weighted by molar-refractivity contribution is 0.309. The first-order chi connectivity index (χ1) is 5.26. The molecule has 1 heteroatoms. The molecular formula is C10H23N. The van der Waals surface area contributed by atoms with E-state index in [2.05, 4.69) is 20.8 Å². The highest BCUT2D eigenvalue weighted by Gasteiger charge is 2.12. The first-order valence-electron chi connectivity index (χ1n) is 4.96. The Bertz CT molecular complexity index is 74.9. The molecule has 0 heterocycles. The van der Waals surface area contributed by atoms with Crippen LogP contribution >= 0.6 is 0 Å². The maximum absolute atomic E-state index is 5.55. The predicted molar refractivity (Wildman–Crippen MR) is 51.5 cm³/mol. The van der Waals surface area contributed by atoms with Crippen molar-refractivity contribution in [3.8, 4) is 0 Å². The Kier molecular flexibility index (Phi) is 6.63. The number of nitrogens with two attached hydrogens (primary N) is 1. The molecule has 0 saturated carbocycles. The van der Waals surface area contributed by atoms with Gasteiger partial charge in [-0.15, -0.1) is 0 Å². The SMILES string of the molecule is CCCC(CCN)C(C)CC. The second-order valence-electron chi connectivity index (χ2n) is 3.51. The molecule has 0 radical (unpaired) electrons. The Labute approximate surface area is 71.4 Å². The average molecular weight is 157 g/mol. The summed E-state index contributed by atoms with van der Waals surface area (Å²) in [5, 5.41) is 0. The number of hydrogen-bond acceptors (Lipinski definition) is 1. The Morgan fingerprint density at radius 2 is 1.82 bits per heavy atom. The Morgan fingerprint density at radius 1 is 1.18 bits per heavy atom. The van der Waals surface area contributed by atoms with E-state index < -0.39 is 0 Å². The molecule has 0 aliphatic heterocycles. The zero-order valence-corrected chi connectivity index (χ0v) is 8.27. The van der Waals surface area contributed by atoms with E-state index in [1.807, 2.05) is 0 Å². The zero-order chi connectivity index (χ0) is 8.69. The molecule has 0 fully saturated rings. The third kappa shape index (κ3) is 4.41. The standard InChI is InChI=1S/C10H23N/c1-4-6-10(7-8-11)9(3)5-2/h9-10H,4-8,11H2,1-3H3. The van der Waals surface area contributed by atoms with Crippen LogP contribution in [0, 0.1) is 11.8 Å². The van der Waals surface area contributed by atoms with Gasteiger partial charge in [-0.25, -0.2) is 0 Å². The van der Waals surface area contributed by atoms with Crippen molar-refractivity contribution >= 4 is 0 Å². The van der Waals surface area contributed by atoms with Gasteiger partial charge in [0.15, 0.2) is 0 Å². The summed E-state index contributed by atoms with van der Waals surface area (Å²) < 4.78 is 0. The molecule has 0 aromatic rings. The first kappa shape index (κ1) is 11.0. The summed E-state index contributed by atoms with van der Waals surface area (Å²) in [5.74, 6) is 1.73. The van der Waals surface area contributed by atoms with Crippen LogP contribution in [0.4, 0.5) is 0 Å². The normalized spacial score (nSPS) is 16.4. The summed E-state index contributed by atoms with van der Waals surface area (Å²) in [7, 11) is 0. The predicted octanol–water partition coefficient (Wildman–Crippen LogP) is 2.80. The van der Waals surface area contributed by atoms with Crippen molar-refractivity contribution in [1.29, 1.82) is 0 Å². The minimum Gasteiger partial charge on any atom is -0.330 e. The maximum atomic E-state index is 5.55. The average Bonchev–Trinajstić information content (AvgIpc) is 2.03. The fourth-order valence-corrected chi connectivity index (χ4v) is 1.63. The van der Waals surface area contributed by atoms with Crippen LogP contribution in [0.25, 0.3) is 0 Å². The van der Waals surface area contributed by atoms with E-state index in [9.17, 15) is 0 Å². The molecule has 0 aromatic heterocycles. The topological polar surface area (TPSA) is 26.0 Å². The van der Waals surface area contributed by atoms with Crippen LogP contribution in [0.3, 0.4) is 0 Å². The second kappa shape index (κ2) is 6.66. The number of hydrogen-bond donors (Lipinski definition) is 1. The minimum atomic E-state index is 0.856. The van der Waals surface area contributed by atoms with E-state index in [1.165, 1.54) is 25.7 Å². The summed E-state index contributed by atoms with van der Waals surface area (Å²) in [5.41, 5.74) is 5.55. The van der Waals surface area contributed by atoms with Gasteiger partial charge in [0.2, 0.25) is 0 Å².